The SMILES string of the molecule is CCCN(C[C@@H](O)COc1ccccc1C(=O)/C=C/c1ccccc1)N=O. The molecule has 0 fully saturated rings. The van der Waals surface area contributed by atoms with Gasteiger partial charge in [-0.15, -0.1) is 4.91 Å². The summed E-state index contributed by atoms with van der Waals surface area (Å²) in [5.74, 6) is 0.200. The lowest BCUT2D eigenvalue weighted by Crippen LogP contribution is -2.32. The van der Waals surface area contributed by atoms with E-state index in [1.165, 1.54) is 11.1 Å². The summed E-state index contributed by atoms with van der Waals surface area (Å²) in [7, 11) is 0. The lowest BCUT2D eigenvalue weighted by atomic mass is 10.1. The highest BCUT2D eigenvalue weighted by Crippen LogP contribution is 2.20. The van der Waals surface area contributed by atoms with Crippen molar-refractivity contribution >= 4 is 11.9 Å². The number of carbonyl (C=O) groups excluding carboxylic acids is 1. The van der Waals surface area contributed by atoms with Crippen molar-refractivity contribution in [2.75, 3.05) is 19.7 Å². The van der Waals surface area contributed by atoms with Crippen molar-refractivity contribution in [2.24, 2.45) is 5.29 Å². The van der Waals surface area contributed by atoms with Gasteiger partial charge in [-0.1, -0.05) is 55.5 Å². The van der Waals surface area contributed by atoms with Crippen molar-refractivity contribution < 1.29 is 14.6 Å². The standard InChI is InChI=1S/C21H24N2O4/c1-2-14-23(22-26)15-18(24)16-27-21-11-7-6-10-19(21)20(25)13-12-17-8-4-3-5-9-17/h3-13,18,24H,2,14-16H2,1H3/b13-12+/t18-/m1/s1. The number of aliphatic hydroxyl groups excluding tert-OH is 1. The van der Waals surface area contributed by atoms with Crippen LogP contribution in [0.5, 0.6) is 5.75 Å². The molecule has 6 heteroatoms. The molecule has 0 aliphatic heterocycles. The first-order valence-electron chi connectivity index (χ1n) is 8.89. The number of nitroso groups, excluding NO2 is 1. The van der Waals surface area contributed by atoms with Crippen molar-refractivity contribution in [1.82, 2.24) is 5.01 Å². The Morgan fingerprint density at radius 1 is 1.19 bits per heavy atom. The smallest absolute Gasteiger partial charge is 0.189 e. The van der Waals surface area contributed by atoms with Crippen LogP contribution in [0.25, 0.3) is 6.08 Å². The Hall–Kier alpha value is -2.99. The Balaban J connectivity index is 1.99. The van der Waals surface area contributed by atoms with E-state index in [0.29, 0.717) is 17.9 Å². The zero-order valence-corrected chi connectivity index (χ0v) is 15.3. The Kier molecular flexibility index (Phi) is 8.19. The lowest BCUT2D eigenvalue weighted by Gasteiger charge is -2.19. The average Bonchev–Trinajstić information content (AvgIpc) is 2.71. The molecule has 0 unspecified atom stereocenters. The van der Waals surface area contributed by atoms with Crippen LogP contribution in [0.3, 0.4) is 0 Å². The van der Waals surface area contributed by atoms with Crippen molar-refractivity contribution in [3.63, 3.8) is 0 Å². The molecular weight excluding hydrogens is 344 g/mol. The van der Waals surface area contributed by atoms with Gasteiger partial charge in [0.1, 0.15) is 18.5 Å². The summed E-state index contributed by atoms with van der Waals surface area (Å²) in [4.78, 5) is 23.2. The summed E-state index contributed by atoms with van der Waals surface area (Å²) in [6.45, 7) is 2.44. The first kappa shape index (κ1) is 20.3. The average molecular weight is 368 g/mol. The predicted molar refractivity (Wildman–Crippen MR) is 105 cm³/mol. The van der Waals surface area contributed by atoms with Gasteiger partial charge in [0.05, 0.1) is 17.4 Å². The minimum absolute atomic E-state index is 0.0393. The molecule has 0 aliphatic rings. The monoisotopic (exact) mass is 368 g/mol. The fourth-order valence-corrected chi connectivity index (χ4v) is 2.53. The van der Waals surface area contributed by atoms with Crippen molar-refractivity contribution in [2.45, 2.75) is 19.4 Å². The summed E-state index contributed by atoms with van der Waals surface area (Å²) in [5, 5.41) is 14.2. The number of hydrogen-bond donors (Lipinski definition) is 1. The summed E-state index contributed by atoms with van der Waals surface area (Å²) in [6, 6.07) is 16.4. The summed E-state index contributed by atoms with van der Waals surface area (Å²) in [6.07, 6.45) is 3.10. The molecule has 0 aliphatic carbocycles. The molecule has 0 heterocycles. The van der Waals surface area contributed by atoms with Gasteiger partial charge in [-0.3, -0.25) is 9.80 Å². The molecule has 0 bridgehead atoms. The maximum Gasteiger partial charge on any atom is 0.189 e. The minimum atomic E-state index is -0.891. The molecule has 2 aromatic carbocycles. The third-order valence-corrected chi connectivity index (χ3v) is 3.83. The van der Waals surface area contributed by atoms with Gasteiger partial charge in [0.15, 0.2) is 5.78 Å². The number of ether oxygens (including phenoxy) is 1. The fraction of sp³-hybridized carbons (Fsp3) is 0.286. The first-order valence-corrected chi connectivity index (χ1v) is 8.89. The van der Waals surface area contributed by atoms with E-state index in [9.17, 15) is 14.8 Å². The summed E-state index contributed by atoms with van der Waals surface area (Å²) in [5.41, 5.74) is 1.34. The molecule has 0 saturated heterocycles. The molecule has 142 valence electrons. The van der Waals surface area contributed by atoms with Crippen molar-refractivity contribution in [3.8, 4) is 5.75 Å². The number of rotatable bonds is 11. The molecule has 1 N–H and O–H groups in total. The van der Waals surface area contributed by atoms with Crippen LogP contribution >= 0.6 is 0 Å². The third kappa shape index (κ3) is 6.67. The normalized spacial score (nSPS) is 11.9. The van der Waals surface area contributed by atoms with E-state index >= 15 is 0 Å². The van der Waals surface area contributed by atoms with E-state index in [1.54, 1.807) is 30.3 Å². The molecule has 27 heavy (non-hydrogen) atoms. The van der Waals surface area contributed by atoms with Gasteiger partial charge in [0, 0.05) is 6.54 Å². The van der Waals surface area contributed by atoms with Gasteiger partial charge in [0.25, 0.3) is 0 Å². The Morgan fingerprint density at radius 2 is 1.89 bits per heavy atom. The van der Waals surface area contributed by atoms with Gasteiger partial charge in [-0.05, 0) is 30.2 Å². The van der Waals surface area contributed by atoms with Gasteiger partial charge in [-0.2, -0.15) is 0 Å². The highest BCUT2D eigenvalue weighted by atomic mass is 16.5. The van der Waals surface area contributed by atoms with Crippen LogP contribution < -0.4 is 4.74 Å². The van der Waals surface area contributed by atoms with Crippen molar-refractivity contribution in [1.29, 1.82) is 0 Å². The Labute approximate surface area is 159 Å². The second kappa shape index (κ2) is 10.9. The summed E-state index contributed by atoms with van der Waals surface area (Å²) >= 11 is 0. The van der Waals surface area contributed by atoms with Crippen LogP contribution in [0.15, 0.2) is 66.0 Å². The Morgan fingerprint density at radius 3 is 2.59 bits per heavy atom. The molecular formula is C21H24N2O4. The largest absolute Gasteiger partial charge is 0.490 e. The second-order valence-corrected chi connectivity index (χ2v) is 6.06. The molecule has 0 saturated carbocycles. The van der Waals surface area contributed by atoms with Crippen LogP contribution in [-0.2, 0) is 0 Å². The Bertz CT molecular complexity index is 762. The second-order valence-electron chi connectivity index (χ2n) is 6.06. The molecule has 6 nitrogen and oxygen atoms in total. The number of allylic oxidation sites excluding steroid dienone is 1. The lowest BCUT2D eigenvalue weighted by molar-refractivity contribution is 0.0679. The van der Waals surface area contributed by atoms with Gasteiger partial charge in [0.2, 0.25) is 0 Å². The minimum Gasteiger partial charge on any atom is -0.490 e. The van der Waals surface area contributed by atoms with Crippen LogP contribution in [0, 0.1) is 4.91 Å². The predicted octanol–water partition coefficient (Wildman–Crippen LogP) is 3.72. The molecule has 2 aromatic rings. The number of aliphatic hydroxyl groups is 1. The number of benzene rings is 2. The maximum atomic E-state index is 12.5. The van der Waals surface area contributed by atoms with Gasteiger partial charge < -0.3 is 9.84 Å². The topological polar surface area (TPSA) is 79.2 Å². The fourth-order valence-electron chi connectivity index (χ4n) is 2.53. The zero-order valence-electron chi connectivity index (χ0n) is 15.3. The van der Waals surface area contributed by atoms with E-state index < -0.39 is 6.10 Å². The quantitative estimate of drug-likeness (QED) is 0.283. The number of hydrogen-bond acceptors (Lipinski definition) is 5. The van der Waals surface area contributed by atoms with Crippen LogP contribution in [0.4, 0.5) is 0 Å². The van der Waals surface area contributed by atoms with Crippen LogP contribution in [0.1, 0.15) is 29.3 Å². The molecule has 0 aromatic heterocycles. The van der Waals surface area contributed by atoms with E-state index in [0.717, 1.165) is 12.0 Å². The molecule has 2 rings (SSSR count). The van der Waals surface area contributed by atoms with E-state index in [2.05, 4.69) is 5.29 Å². The van der Waals surface area contributed by atoms with E-state index in [4.69, 9.17) is 4.74 Å². The van der Waals surface area contributed by atoms with Gasteiger partial charge in [-0.25, -0.2) is 0 Å². The summed E-state index contributed by atoms with van der Waals surface area (Å²) < 4.78 is 5.62. The highest BCUT2D eigenvalue weighted by molar-refractivity contribution is 6.08. The van der Waals surface area contributed by atoms with E-state index in [-0.39, 0.29) is 18.9 Å². The first-order chi connectivity index (χ1) is 13.1. The zero-order chi connectivity index (χ0) is 19.5. The number of ketones is 1. The third-order valence-electron chi connectivity index (χ3n) is 3.83. The van der Waals surface area contributed by atoms with Crippen molar-refractivity contribution in [3.05, 3.63) is 76.7 Å². The maximum absolute atomic E-state index is 12.5. The van der Waals surface area contributed by atoms with Crippen LogP contribution in [-0.4, -0.2) is 41.7 Å². The van der Waals surface area contributed by atoms with E-state index in [1.807, 2.05) is 37.3 Å². The molecule has 0 spiro atoms. The molecule has 0 amide bonds. The molecule has 1 atom stereocenters. The number of nitrogens with zero attached hydrogens (tertiary/aromatic N) is 2. The number of carbonyl (C=O) groups is 1. The van der Waals surface area contributed by atoms with Crippen LogP contribution in [0.2, 0.25) is 0 Å². The molecule has 0 radical (unpaired) electrons. The number of para-hydroxylation sites is 1. The van der Waals surface area contributed by atoms with Gasteiger partial charge >= 0.3 is 0 Å². The highest BCUT2D eigenvalue weighted by Gasteiger charge is 2.14.